The van der Waals surface area contributed by atoms with E-state index in [1.54, 1.807) is 18.6 Å². The lowest BCUT2D eigenvalue weighted by Crippen LogP contribution is -2.38. The molecule has 13 heteroatoms. The molecule has 0 bridgehead atoms. The molecule has 0 saturated carbocycles. The molecule has 3 aromatic heterocycles. The third-order valence-corrected chi connectivity index (χ3v) is 7.22. The summed E-state index contributed by atoms with van der Waals surface area (Å²) in [6, 6.07) is 0.0495. The highest BCUT2D eigenvalue weighted by Gasteiger charge is 2.28. The predicted octanol–water partition coefficient (Wildman–Crippen LogP) is 0.299. The van der Waals surface area contributed by atoms with Crippen LogP contribution in [0.25, 0.3) is 22.3 Å². The molecule has 3 aromatic rings. The Morgan fingerprint density at radius 2 is 1.72 bits per heavy atom. The maximum atomic E-state index is 11.9. The van der Waals surface area contributed by atoms with Gasteiger partial charge in [-0.3, -0.25) is 0 Å². The number of nitrogens with two attached hydrogens (primary N) is 1. The average molecular weight is 460 g/mol. The number of piperidine rings is 1. The number of ether oxygens (including phenoxy) is 1. The molecule has 0 spiro atoms. The first-order valence-corrected chi connectivity index (χ1v) is 12.4. The molecule has 12 nitrogen and oxygen atoms in total. The second-order valence-electron chi connectivity index (χ2n) is 8.02. The summed E-state index contributed by atoms with van der Waals surface area (Å²) in [7, 11) is -3.19. The second-order valence-corrected chi connectivity index (χ2v) is 10.0. The summed E-state index contributed by atoms with van der Waals surface area (Å²) in [5.41, 5.74) is 7.80. The quantitative estimate of drug-likeness (QED) is 0.578. The molecule has 2 N–H and O–H groups in total. The highest BCUT2D eigenvalue weighted by atomic mass is 32.2. The van der Waals surface area contributed by atoms with E-state index in [-0.39, 0.29) is 12.0 Å². The number of rotatable bonds is 4. The van der Waals surface area contributed by atoms with E-state index in [0.29, 0.717) is 69.5 Å². The van der Waals surface area contributed by atoms with E-state index in [1.165, 1.54) is 10.6 Å². The Labute approximate surface area is 185 Å². The van der Waals surface area contributed by atoms with Crippen LogP contribution in [-0.4, -0.2) is 88.1 Å². The number of anilines is 2. The fraction of sp³-hybridized carbons (Fsp3) is 0.526. The fourth-order valence-electron chi connectivity index (χ4n) is 4.18. The van der Waals surface area contributed by atoms with Crippen molar-refractivity contribution in [2.24, 2.45) is 0 Å². The van der Waals surface area contributed by atoms with E-state index in [1.807, 2.05) is 4.68 Å². The zero-order chi connectivity index (χ0) is 22.3. The van der Waals surface area contributed by atoms with E-state index in [2.05, 4.69) is 20.0 Å². The van der Waals surface area contributed by atoms with Gasteiger partial charge >= 0.3 is 0 Å². The molecular weight excluding hydrogens is 434 g/mol. The van der Waals surface area contributed by atoms with Gasteiger partial charge < -0.3 is 15.4 Å². The van der Waals surface area contributed by atoms with Crippen LogP contribution in [0.15, 0.2) is 18.6 Å². The topological polar surface area (TPSA) is 145 Å². The molecular formula is C19H25N9O3S. The molecule has 170 valence electrons. The van der Waals surface area contributed by atoms with Crippen LogP contribution in [0, 0.1) is 0 Å². The molecule has 0 unspecified atom stereocenters. The van der Waals surface area contributed by atoms with Crippen molar-refractivity contribution >= 4 is 33.0 Å². The SMILES string of the molecule is CS(=O)(=O)N1CCC(n2ncc3c(-c4cnc(N)nc4)nc(N4CCOCC4)nc32)CC1. The summed E-state index contributed by atoms with van der Waals surface area (Å²) in [5, 5.41) is 5.43. The Balaban J connectivity index is 1.56. The van der Waals surface area contributed by atoms with Crippen LogP contribution in [-0.2, 0) is 14.8 Å². The number of morpholine rings is 1. The molecule has 32 heavy (non-hydrogen) atoms. The minimum absolute atomic E-state index is 0.0495. The number of nitrogens with zero attached hydrogens (tertiary/aromatic N) is 8. The van der Waals surface area contributed by atoms with Gasteiger partial charge in [0.2, 0.25) is 21.9 Å². The van der Waals surface area contributed by atoms with Crippen molar-refractivity contribution in [2.45, 2.75) is 18.9 Å². The third kappa shape index (κ3) is 3.98. The minimum atomic E-state index is -3.19. The number of hydrogen-bond donors (Lipinski definition) is 1. The smallest absolute Gasteiger partial charge is 0.228 e. The summed E-state index contributed by atoms with van der Waals surface area (Å²) in [6.45, 7) is 3.56. The Hall–Kier alpha value is -2.90. The maximum absolute atomic E-state index is 11.9. The Morgan fingerprint density at radius 1 is 1.03 bits per heavy atom. The molecule has 2 aliphatic heterocycles. The lowest BCUT2D eigenvalue weighted by molar-refractivity contribution is 0.122. The zero-order valence-electron chi connectivity index (χ0n) is 17.8. The van der Waals surface area contributed by atoms with Gasteiger partial charge in [0.25, 0.3) is 0 Å². The molecule has 2 fully saturated rings. The highest BCUT2D eigenvalue weighted by Crippen LogP contribution is 2.32. The highest BCUT2D eigenvalue weighted by molar-refractivity contribution is 7.88. The van der Waals surface area contributed by atoms with Gasteiger partial charge in [-0.2, -0.15) is 10.1 Å². The lowest BCUT2D eigenvalue weighted by atomic mass is 10.1. The maximum Gasteiger partial charge on any atom is 0.228 e. The van der Waals surface area contributed by atoms with Gasteiger partial charge in [-0.15, -0.1) is 0 Å². The average Bonchev–Trinajstić information content (AvgIpc) is 3.23. The van der Waals surface area contributed by atoms with Gasteiger partial charge in [0.05, 0.1) is 42.8 Å². The Kier molecular flexibility index (Phi) is 5.39. The van der Waals surface area contributed by atoms with Crippen molar-refractivity contribution in [2.75, 3.05) is 56.3 Å². The molecule has 0 atom stereocenters. The standard InChI is InChI=1S/C19H25N9O3S/c1-32(29,30)27-4-2-14(3-5-27)28-17-15(12-23-28)16(13-10-21-18(20)22-11-13)24-19(25-17)26-6-8-31-9-7-26/h10-12,14H,2-9H2,1H3,(H2,20,21,22). The number of hydrogen-bond acceptors (Lipinski definition) is 10. The van der Waals surface area contributed by atoms with Crippen LogP contribution in [0.3, 0.4) is 0 Å². The van der Waals surface area contributed by atoms with E-state index >= 15 is 0 Å². The van der Waals surface area contributed by atoms with Crippen LogP contribution in [0.5, 0.6) is 0 Å². The first kappa shape index (κ1) is 21.0. The third-order valence-electron chi connectivity index (χ3n) is 5.92. The van der Waals surface area contributed by atoms with Crippen molar-refractivity contribution < 1.29 is 13.2 Å². The first-order valence-electron chi connectivity index (χ1n) is 10.5. The van der Waals surface area contributed by atoms with Crippen LogP contribution in [0.4, 0.5) is 11.9 Å². The summed E-state index contributed by atoms with van der Waals surface area (Å²) in [4.78, 5) is 20.0. The normalized spacial score (nSPS) is 19.0. The van der Waals surface area contributed by atoms with Gasteiger partial charge in [0.15, 0.2) is 5.65 Å². The first-order chi connectivity index (χ1) is 15.4. The molecule has 0 aromatic carbocycles. The van der Waals surface area contributed by atoms with Gasteiger partial charge in [-0.05, 0) is 12.8 Å². The number of nitrogen functional groups attached to an aromatic ring is 1. The number of aromatic nitrogens is 6. The molecule has 5 rings (SSSR count). The van der Waals surface area contributed by atoms with E-state index in [4.69, 9.17) is 20.4 Å². The van der Waals surface area contributed by atoms with Crippen molar-refractivity contribution in [1.82, 2.24) is 34.0 Å². The van der Waals surface area contributed by atoms with Gasteiger partial charge in [-0.1, -0.05) is 0 Å². The summed E-state index contributed by atoms with van der Waals surface area (Å²) in [6.07, 6.45) is 7.64. The molecule has 5 heterocycles. The van der Waals surface area contributed by atoms with Gasteiger partial charge in [0.1, 0.15) is 0 Å². The molecule has 2 saturated heterocycles. The van der Waals surface area contributed by atoms with Gasteiger partial charge in [0, 0.05) is 44.1 Å². The summed E-state index contributed by atoms with van der Waals surface area (Å²) < 4.78 is 32.7. The van der Waals surface area contributed by atoms with Crippen LogP contribution >= 0.6 is 0 Å². The van der Waals surface area contributed by atoms with Crippen LogP contribution < -0.4 is 10.6 Å². The van der Waals surface area contributed by atoms with Crippen molar-refractivity contribution in [3.8, 4) is 11.3 Å². The van der Waals surface area contributed by atoms with E-state index < -0.39 is 10.0 Å². The Morgan fingerprint density at radius 3 is 2.38 bits per heavy atom. The van der Waals surface area contributed by atoms with E-state index in [0.717, 1.165) is 10.9 Å². The van der Waals surface area contributed by atoms with Crippen LogP contribution in [0.2, 0.25) is 0 Å². The second kappa shape index (κ2) is 8.22. The number of sulfonamides is 1. The Bertz CT molecular complexity index is 1210. The fourth-order valence-corrected chi connectivity index (χ4v) is 5.06. The molecule has 0 amide bonds. The van der Waals surface area contributed by atoms with Crippen molar-refractivity contribution in [3.05, 3.63) is 18.6 Å². The molecule has 0 radical (unpaired) electrons. The summed E-state index contributed by atoms with van der Waals surface area (Å²) in [5.74, 6) is 0.795. The van der Waals surface area contributed by atoms with Gasteiger partial charge in [-0.25, -0.2) is 32.4 Å². The minimum Gasteiger partial charge on any atom is -0.378 e. The zero-order valence-corrected chi connectivity index (χ0v) is 18.6. The molecule has 2 aliphatic rings. The predicted molar refractivity (Wildman–Crippen MR) is 118 cm³/mol. The molecule has 0 aliphatic carbocycles. The van der Waals surface area contributed by atoms with Crippen molar-refractivity contribution in [3.63, 3.8) is 0 Å². The van der Waals surface area contributed by atoms with Crippen LogP contribution in [0.1, 0.15) is 18.9 Å². The lowest BCUT2D eigenvalue weighted by Gasteiger charge is -2.30. The van der Waals surface area contributed by atoms with Crippen molar-refractivity contribution in [1.29, 1.82) is 0 Å². The number of fused-ring (bicyclic) bond motifs is 1. The largest absolute Gasteiger partial charge is 0.378 e. The monoisotopic (exact) mass is 459 g/mol. The summed E-state index contributed by atoms with van der Waals surface area (Å²) >= 11 is 0. The van der Waals surface area contributed by atoms with E-state index in [9.17, 15) is 8.42 Å².